The van der Waals surface area contributed by atoms with Crippen LogP contribution in [-0.2, 0) is 0 Å². The van der Waals surface area contributed by atoms with Gasteiger partial charge in [0.15, 0.2) is 0 Å². The minimum absolute atomic E-state index is 0.306. The summed E-state index contributed by atoms with van der Waals surface area (Å²) >= 11 is 0. The Kier molecular flexibility index (Phi) is 1.24. The summed E-state index contributed by atoms with van der Waals surface area (Å²) in [7, 11) is 0. The summed E-state index contributed by atoms with van der Waals surface area (Å²) in [5.74, 6) is -0.306. The first-order chi connectivity index (χ1) is 3.80. The molecule has 0 aromatic carbocycles. The SMILES string of the molecule is [CH2]c1cnccc1F. The third kappa shape index (κ3) is 0.832. The van der Waals surface area contributed by atoms with Crippen molar-refractivity contribution in [3.05, 3.63) is 36.8 Å². The van der Waals surface area contributed by atoms with E-state index in [2.05, 4.69) is 11.9 Å². The minimum Gasteiger partial charge on any atom is -0.264 e. The Balaban J connectivity index is 3.13. The highest BCUT2D eigenvalue weighted by atomic mass is 19.1. The fraction of sp³-hybridized carbons (Fsp3) is 0. The Labute approximate surface area is 47.2 Å². The predicted octanol–water partition coefficient (Wildman–Crippen LogP) is 1.40. The van der Waals surface area contributed by atoms with E-state index in [0.29, 0.717) is 5.56 Å². The summed E-state index contributed by atoms with van der Waals surface area (Å²) in [4.78, 5) is 3.64. The largest absolute Gasteiger partial charge is 0.264 e. The number of nitrogens with zero attached hydrogens (tertiary/aromatic N) is 1. The highest BCUT2D eigenvalue weighted by Crippen LogP contribution is 1.99. The van der Waals surface area contributed by atoms with Gasteiger partial charge in [-0.2, -0.15) is 0 Å². The molecule has 1 aromatic rings. The van der Waals surface area contributed by atoms with Gasteiger partial charge in [0, 0.05) is 18.0 Å². The zero-order valence-electron chi connectivity index (χ0n) is 4.26. The van der Waals surface area contributed by atoms with Gasteiger partial charge in [0.1, 0.15) is 5.82 Å². The average molecular weight is 110 g/mol. The van der Waals surface area contributed by atoms with Gasteiger partial charge in [0.05, 0.1) is 0 Å². The van der Waals surface area contributed by atoms with E-state index < -0.39 is 0 Å². The minimum atomic E-state index is -0.306. The second kappa shape index (κ2) is 1.90. The zero-order valence-corrected chi connectivity index (χ0v) is 4.26. The highest BCUT2D eigenvalue weighted by Gasteiger charge is 1.90. The summed E-state index contributed by atoms with van der Waals surface area (Å²) in [5.41, 5.74) is 0.340. The Morgan fingerprint density at radius 3 is 2.75 bits per heavy atom. The number of halogens is 1. The van der Waals surface area contributed by atoms with E-state index in [1.54, 1.807) is 0 Å². The molecular formula is C6H5FN. The number of hydrogen-bond donors (Lipinski definition) is 0. The molecule has 0 bridgehead atoms. The molecule has 1 heterocycles. The van der Waals surface area contributed by atoms with Crippen molar-refractivity contribution in [3.63, 3.8) is 0 Å². The van der Waals surface area contributed by atoms with Crippen molar-refractivity contribution < 1.29 is 4.39 Å². The van der Waals surface area contributed by atoms with E-state index in [0.717, 1.165) is 0 Å². The van der Waals surface area contributed by atoms with Gasteiger partial charge in [-0.25, -0.2) is 4.39 Å². The maximum Gasteiger partial charge on any atom is 0.129 e. The lowest BCUT2D eigenvalue weighted by Gasteiger charge is -1.88. The van der Waals surface area contributed by atoms with Gasteiger partial charge >= 0.3 is 0 Å². The van der Waals surface area contributed by atoms with Gasteiger partial charge in [-0.1, -0.05) is 0 Å². The summed E-state index contributed by atoms with van der Waals surface area (Å²) in [6, 6.07) is 1.28. The molecule has 1 nitrogen and oxygen atoms in total. The van der Waals surface area contributed by atoms with Crippen LogP contribution in [0, 0.1) is 12.7 Å². The van der Waals surface area contributed by atoms with Crippen LogP contribution in [0.1, 0.15) is 5.56 Å². The number of hydrogen-bond acceptors (Lipinski definition) is 1. The van der Waals surface area contributed by atoms with Crippen molar-refractivity contribution in [1.82, 2.24) is 4.98 Å². The second-order valence-corrected chi connectivity index (χ2v) is 1.47. The van der Waals surface area contributed by atoms with Crippen molar-refractivity contribution in [2.45, 2.75) is 0 Å². The van der Waals surface area contributed by atoms with Crippen molar-refractivity contribution in [3.8, 4) is 0 Å². The topological polar surface area (TPSA) is 12.9 Å². The molecular weight excluding hydrogens is 105 g/mol. The van der Waals surface area contributed by atoms with E-state index in [9.17, 15) is 4.39 Å². The first kappa shape index (κ1) is 5.22. The first-order valence-corrected chi connectivity index (χ1v) is 2.22. The molecule has 41 valence electrons. The van der Waals surface area contributed by atoms with Gasteiger partial charge in [-0.3, -0.25) is 4.98 Å². The van der Waals surface area contributed by atoms with Crippen LogP contribution >= 0.6 is 0 Å². The fourth-order valence-corrected chi connectivity index (χ4v) is 0.410. The fourth-order valence-electron chi connectivity index (χ4n) is 0.410. The van der Waals surface area contributed by atoms with Crippen molar-refractivity contribution in [1.29, 1.82) is 0 Å². The lowest BCUT2D eigenvalue weighted by Crippen LogP contribution is -1.80. The molecule has 0 fully saturated rings. The maximum atomic E-state index is 12.2. The molecule has 0 aliphatic heterocycles. The molecule has 0 unspecified atom stereocenters. The smallest absolute Gasteiger partial charge is 0.129 e. The Morgan fingerprint density at radius 2 is 2.38 bits per heavy atom. The lowest BCUT2D eigenvalue weighted by molar-refractivity contribution is 0.620. The molecule has 2 heteroatoms. The van der Waals surface area contributed by atoms with Crippen molar-refractivity contribution in [2.24, 2.45) is 0 Å². The first-order valence-electron chi connectivity index (χ1n) is 2.22. The zero-order chi connectivity index (χ0) is 5.98. The molecule has 0 amide bonds. The van der Waals surface area contributed by atoms with Gasteiger partial charge in [-0.05, 0) is 13.0 Å². The van der Waals surface area contributed by atoms with E-state index in [1.807, 2.05) is 0 Å². The third-order valence-electron chi connectivity index (χ3n) is 0.844. The van der Waals surface area contributed by atoms with Crippen LogP contribution in [0.4, 0.5) is 4.39 Å². The molecule has 0 atom stereocenters. The summed E-state index contributed by atoms with van der Waals surface area (Å²) < 4.78 is 12.2. The van der Waals surface area contributed by atoms with Crippen molar-refractivity contribution in [2.75, 3.05) is 0 Å². The van der Waals surface area contributed by atoms with Crippen LogP contribution in [0.15, 0.2) is 18.5 Å². The normalized spacial score (nSPS) is 9.25. The molecule has 0 aliphatic rings. The average Bonchev–Trinajstić information content (AvgIpc) is 1.77. The molecule has 0 saturated heterocycles. The van der Waals surface area contributed by atoms with Crippen molar-refractivity contribution >= 4 is 0 Å². The van der Waals surface area contributed by atoms with Crippen LogP contribution < -0.4 is 0 Å². The molecule has 0 saturated carbocycles. The Bertz CT molecular complexity index is 165. The molecule has 1 rings (SSSR count). The molecule has 0 spiro atoms. The van der Waals surface area contributed by atoms with Gasteiger partial charge in [-0.15, -0.1) is 0 Å². The van der Waals surface area contributed by atoms with Gasteiger partial charge in [0.25, 0.3) is 0 Å². The predicted molar refractivity (Wildman–Crippen MR) is 28.7 cm³/mol. The van der Waals surface area contributed by atoms with Crippen LogP contribution in [0.25, 0.3) is 0 Å². The highest BCUT2D eigenvalue weighted by molar-refractivity contribution is 5.13. The van der Waals surface area contributed by atoms with E-state index in [-0.39, 0.29) is 5.82 Å². The monoisotopic (exact) mass is 110 g/mol. The van der Waals surface area contributed by atoms with E-state index in [1.165, 1.54) is 18.5 Å². The quantitative estimate of drug-likeness (QED) is 0.492. The summed E-state index contributed by atoms with van der Waals surface area (Å²) in [6.07, 6.45) is 2.78. The van der Waals surface area contributed by atoms with E-state index >= 15 is 0 Å². The second-order valence-electron chi connectivity index (χ2n) is 1.47. The number of pyridine rings is 1. The van der Waals surface area contributed by atoms with Crippen LogP contribution in [0.2, 0.25) is 0 Å². The van der Waals surface area contributed by atoms with Crippen LogP contribution in [0.5, 0.6) is 0 Å². The molecule has 8 heavy (non-hydrogen) atoms. The number of aromatic nitrogens is 1. The molecule has 1 aromatic heterocycles. The Morgan fingerprint density at radius 1 is 1.62 bits per heavy atom. The van der Waals surface area contributed by atoms with Crippen LogP contribution in [-0.4, -0.2) is 4.98 Å². The Hall–Kier alpha value is -0.920. The van der Waals surface area contributed by atoms with E-state index in [4.69, 9.17) is 0 Å². The van der Waals surface area contributed by atoms with Crippen LogP contribution in [0.3, 0.4) is 0 Å². The summed E-state index contributed by atoms with van der Waals surface area (Å²) in [5, 5.41) is 0. The van der Waals surface area contributed by atoms with Gasteiger partial charge < -0.3 is 0 Å². The molecule has 1 radical (unpaired) electrons. The lowest BCUT2D eigenvalue weighted by atomic mass is 10.3. The standard InChI is InChI=1S/C6H5FN/c1-5-4-8-3-2-6(5)7/h2-4H,1H2. The third-order valence-corrected chi connectivity index (χ3v) is 0.844. The maximum absolute atomic E-state index is 12.2. The van der Waals surface area contributed by atoms with Gasteiger partial charge in [0.2, 0.25) is 0 Å². The summed E-state index contributed by atoms with van der Waals surface area (Å²) in [6.45, 7) is 3.38. The molecule has 0 N–H and O–H groups in total. The number of rotatable bonds is 0. The molecule has 0 aliphatic carbocycles.